The first-order chi connectivity index (χ1) is 28.4. The van der Waals surface area contributed by atoms with Crippen molar-refractivity contribution in [1.82, 2.24) is 0 Å². The van der Waals surface area contributed by atoms with E-state index in [4.69, 9.17) is 37.9 Å². The fraction of sp³-hybridized carbons (Fsp3) is 0.174. The highest BCUT2D eigenvalue weighted by molar-refractivity contribution is 6.07. The molecule has 0 spiro atoms. The summed E-state index contributed by atoms with van der Waals surface area (Å²) in [5, 5.41) is 21.9. The van der Waals surface area contributed by atoms with Crippen molar-refractivity contribution in [2.24, 2.45) is 0 Å². The highest BCUT2D eigenvalue weighted by Crippen LogP contribution is 2.55. The molecule has 0 radical (unpaired) electrons. The maximum atomic E-state index is 13.5. The fourth-order valence-electron chi connectivity index (χ4n) is 5.99. The molecule has 0 amide bonds. The molecule has 6 rings (SSSR count). The summed E-state index contributed by atoms with van der Waals surface area (Å²) in [6.07, 6.45) is 0. The zero-order valence-corrected chi connectivity index (χ0v) is 31.9. The number of ether oxygens (including phenoxy) is 8. The molecule has 6 aromatic carbocycles. The second kappa shape index (κ2) is 20.2. The van der Waals surface area contributed by atoms with Crippen LogP contribution in [0.3, 0.4) is 0 Å². The molecule has 0 heterocycles. The highest BCUT2D eigenvalue weighted by atomic mass is 16.7. The van der Waals surface area contributed by atoms with Gasteiger partial charge in [-0.1, -0.05) is 121 Å². The summed E-state index contributed by atoms with van der Waals surface area (Å²) in [5.74, 6) is -3.16. The van der Waals surface area contributed by atoms with Crippen LogP contribution in [0.15, 0.2) is 133 Å². The summed E-state index contributed by atoms with van der Waals surface area (Å²) in [6, 6.07) is 39.5. The van der Waals surface area contributed by atoms with Crippen molar-refractivity contribution in [2.75, 3.05) is 27.8 Å². The smallest absolute Gasteiger partial charge is 0.336 e. The van der Waals surface area contributed by atoms with Crippen molar-refractivity contribution in [2.45, 2.75) is 26.4 Å². The Bertz CT molecular complexity index is 2100. The molecule has 0 aliphatic carbocycles. The van der Waals surface area contributed by atoms with Gasteiger partial charge in [-0.05, 0) is 34.4 Å². The van der Waals surface area contributed by atoms with Crippen LogP contribution in [0.4, 0.5) is 0 Å². The van der Waals surface area contributed by atoms with E-state index in [2.05, 4.69) is 0 Å². The van der Waals surface area contributed by atoms with Gasteiger partial charge in [-0.3, -0.25) is 0 Å². The molecular weight excluding hydrogens is 744 g/mol. The van der Waals surface area contributed by atoms with Crippen LogP contribution in [0.5, 0.6) is 34.5 Å². The number of rotatable bonds is 21. The lowest BCUT2D eigenvalue weighted by Crippen LogP contribution is -2.14. The van der Waals surface area contributed by atoms with Gasteiger partial charge >= 0.3 is 11.9 Å². The summed E-state index contributed by atoms with van der Waals surface area (Å²) in [4.78, 5) is 26.9. The molecule has 0 fully saturated rings. The number of methoxy groups -OCH3 is 2. The predicted octanol–water partition coefficient (Wildman–Crippen LogP) is 9.03. The molecule has 0 saturated carbocycles. The number of carboxylic acid groups (broad SMARTS) is 2. The van der Waals surface area contributed by atoms with Gasteiger partial charge in [0.25, 0.3) is 0 Å². The van der Waals surface area contributed by atoms with Gasteiger partial charge in [-0.25, -0.2) is 9.59 Å². The number of hydrogen-bond acceptors (Lipinski definition) is 10. The maximum Gasteiger partial charge on any atom is 0.336 e. The topological polar surface area (TPSA) is 148 Å². The summed E-state index contributed by atoms with van der Waals surface area (Å²) in [5.41, 5.74) is 1.94. The second-order valence-corrected chi connectivity index (χ2v) is 12.7. The molecule has 12 nitrogen and oxygen atoms in total. The summed E-state index contributed by atoms with van der Waals surface area (Å²) in [7, 11) is 2.84. The third-order valence-corrected chi connectivity index (χ3v) is 8.68. The maximum absolute atomic E-state index is 13.5. The van der Waals surface area contributed by atoms with Gasteiger partial charge in [0, 0.05) is 25.3 Å². The van der Waals surface area contributed by atoms with Gasteiger partial charge in [0.15, 0.2) is 36.6 Å². The van der Waals surface area contributed by atoms with Gasteiger partial charge in [-0.15, -0.1) is 0 Å². The molecule has 298 valence electrons. The van der Waals surface area contributed by atoms with E-state index in [0.717, 1.165) is 22.3 Å². The van der Waals surface area contributed by atoms with E-state index in [-0.39, 0.29) is 96.8 Å². The molecule has 2 N–H and O–H groups in total. The average Bonchev–Trinajstić information content (AvgIpc) is 3.25. The van der Waals surface area contributed by atoms with Crippen LogP contribution < -0.4 is 28.4 Å². The lowest BCUT2D eigenvalue weighted by molar-refractivity contribution is 0.0474. The lowest BCUT2D eigenvalue weighted by Gasteiger charge is -2.26. The average molecular weight is 787 g/mol. The predicted molar refractivity (Wildman–Crippen MR) is 214 cm³/mol. The Morgan fingerprint density at radius 2 is 0.690 bits per heavy atom. The van der Waals surface area contributed by atoms with E-state index in [9.17, 15) is 19.8 Å². The number of hydrogen-bond donors (Lipinski definition) is 2. The number of carboxylic acids is 2. The van der Waals surface area contributed by atoms with Gasteiger partial charge in [-0.2, -0.15) is 0 Å². The molecule has 58 heavy (non-hydrogen) atoms. The Kier molecular flexibility index (Phi) is 14.2. The minimum atomic E-state index is -1.42. The third kappa shape index (κ3) is 10.2. The second-order valence-electron chi connectivity index (χ2n) is 12.7. The van der Waals surface area contributed by atoms with Crippen LogP contribution in [0.1, 0.15) is 43.0 Å². The van der Waals surface area contributed by atoms with Gasteiger partial charge in [0.1, 0.15) is 26.4 Å². The molecule has 0 aliphatic heterocycles. The van der Waals surface area contributed by atoms with Gasteiger partial charge in [0.05, 0.1) is 11.1 Å². The first kappa shape index (κ1) is 40.6. The van der Waals surface area contributed by atoms with Crippen molar-refractivity contribution in [3.05, 3.63) is 167 Å². The number of benzene rings is 6. The SMILES string of the molecule is COCOc1cc(C(=O)O)c(-c2c(C(=O)O)cc(OCOC)c(OCc3ccccc3)c2OCc2ccccc2)c(OCc2ccccc2)c1OCc1ccccc1. The summed E-state index contributed by atoms with van der Waals surface area (Å²) >= 11 is 0. The molecule has 0 saturated heterocycles. The van der Waals surface area contributed by atoms with E-state index in [1.165, 1.54) is 26.4 Å². The molecule has 0 atom stereocenters. The Balaban J connectivity index is 1.68. The quantitative estimate of drug-likeness (QED) is 0.0671. The van der Waals surface area contributed by atoms with Crippen molar-refractivity contribution in [1.29, 1.82) is 0 Å². The van der Waals surface area contributed by atoms with E-state index >= 15 is 0 Å². The molecule has 0 unspecified atom stereocenters. The monoisotopic (exact) mass is 786 g/mol. The Hall–Kier alpha value is -7.02. The first-order valence-electron chi connectivity index (χ1n) is 18.2. The van der Waals surface area contributed by atoms with E-state index in [0.29, 0.717) is 0 Å². The Morgan fingerprint density at radius 3 is 0.948 bits per heavy atom. The molecule has 6 aromatic rings. The summed E-state index contributed by atoms with van der Waals surface area (Å²) in [6.45, 7) is -0.666. The lowest BCUT2D eigenvalue weighted by atomic mass is 9.91. The largest absolute Gasteiger partial charge is 0.484 e. The number of carbonyl (C=O) groups is 2. The molecular formula is C46H42O12. The van der Waals surface area contributed by atoms with E-state index in [1.807, 2.05) is 121 Å². The fourth-order valence-corrected chi connectivity index (χ4v) is 5.99. The van der Waals surface area contributed by atoms with E-state index < -0.39 is 11.9 Å². The molecule has 0 aromatic heterocycles. The molecule has 12 heteroatoms. The minimum Gasteiger partial charge on any atom is -0.484 e. The Labute approximate surface area is 335 Å². The zero-order chi connectivity index (χ0) is 40.7. The van der Waals surface area contributed by atoms with Crippen molar-refractivity contribution in [3.63, 3.8) is 0 Å². The van der Waals surface area contributed by atoms with Crippen molar-refractivity contribution < 1.29 is 57.7 Å². The third-order valence-electron chi connectivity index (χ3n) is 8.68. The van der Waals surface area contributed by atoms with Crippen LogP contribution in [-0.2, 0) is 35.9 Å². The van der Waals surface area contributed by atoms with Crippen LogP contribution >= 0.6 is 0 Å². The molecule has 0 bridgehead atoms. The zero-order valence-electron chi connectivity index (χ0n) is 31.9. The van der Waals surface area contributed by atoms with Crippen LogP contribution in [0, 0.1) is 0 Å². The van der Waals surface area contributed by atoms with Crippen molar-refractivity contribution in [3.8, 4) is 45.6 Å². The highest BCUT2D eigenvalue weighted by Gasteiger charge is 2.35. The van der Waals surface area contributed by atoms with Gasteiger partial charge in [0.2, 0.25) is 11.5 Å². The van der Waals surface area contributed by atoms with Crippen molar-refractivity contribution >= 4 is 11.9 Å². The van der Waals surface area contributed by atoms with Gasteiger partial charge < -0.3 is 48.1 Å². The van der Waals surface area contributed by atoms with E-state index in [1.54, 1.807) is 0 Å². The minimum absolute atomic E-state index is 0.00588. The number of aromatic carboxylic acids is 2. The Morgan fingerprint density at radius 1 is 0.414 bits per heavy atom. The first-order valence-corrected chi connectivity index (χ1v) is 18.2. The van der Waals surface area contributed by atoms with Crippen LogP contribution in [-0.4, -0.2) is 50.0 Å². The standard InChI is InChI=1S/C46H42O12/c1-51-29-57-37-23-35(45(47)48)39(43(55-27-33-19-11-5-12-20-33)41(37)53-25-31-15-7-3-8-16-31)40-36(46(49)50)24-38(58-30-52-2)42(54-26-32-17-9-4-10-18-32)44(40)56-28-34-21-13-6-14-22-34/h3-24H,25-30H2,1-2H3,(H,47,48)(H,49,50). The molecule has 0 aliphatic rings. The summed E-state index contributed by atoms with van der Waals surface area (Å²) < 4.78 is 48.4. The van der Waals surface area contributed by atoms with Crippen LogP contribution in [0.2, 0.25) is 0 Å². The van der Waals surface area contributed by atoms with Crippen LogP contribution in [0.25, 0.3) is 11.1 Å². The normalized spacial score (nSPS) is 10.7.